The first-order chi connectivity index (χ1) is 14.5. The van der Waals surface area contributed by atoms with E-state index in [1.54, 1.807) is 44.4 Å². The molecule has 8 nitrogen and oxygen atoms in total. The molecule has 1 aromatic carbocycles. The van der Waals surface area contributed by atoms with Crippen LogP contribution in [0.4, 0.5) is 8.78 Å². The lowest BCUT2D eigenvalue weighted by molar-refractivity contribution is -0.136. The van der Waals surface area contributed by atoms with Gasteiger partial charge in [-0.2, -0.15) is 0 Å². The Balaban J connectivity index is 1.89. The SMILES string of the molecule is CN(C)C(=O)[C@@H](NC(=O)CNC(=O)C(O)C(CC1CC(F)(F)C1)NCl)c1ccccc1. The van der Waals surface area contributed by atoms with E-state index in [-0.39, 0.29) is 31.1 Å². The average Bonchev–Trinajstić information content (AvgIpc) is 2.72. The summed E-state index contributed by atoms with van der Waals surface area (Å²) in [5.74, 6) is -4.95. The van der Waals surface area contributed by atoms with E-state index in [1.807, 2.05) is 0 Å². The Kier molecular flexibility index (Phi) is 8.72. The highest BCUT2D eigenvalue weighted by molar-refractivity contribution is 6.13. The molecule has 0 heterocycles. The van der Waals surface area contributed by atoms with Gasteiger partial charge in [-0.3, -0.25) is 14.4 Å². The van der Waals surface area contributed by atoms with Crippen molar-refractivity contribution < 1.29 is 28.3 Å². The summed E-state index contributed by atoms with van der Waals surface area (Å²) in [4.78, 5) is 40.5. The topological polar surface area (TPSA) is 111 Å². The molecule has 1 aromatic rings. The van der Waals surface area contributed by atoms with Crippen molar-refractivity contribution in [1.29, 1.82) is 0 Å². The fourth-order valence-corrected chi connectivity index (χ4v) is 3.61. The lowest BCUT2D eigenvalue weighted by Gasteiger charge is -2.37. The van der Waals surface area contributed by atoms with Crippen molar-refractivity contribution in [2.24, 2.45) is 5.92 Å². The number of nitrogens with zero attached hydrogens (tertiary/aromatic N) is 1. The molecule has 0 radical (unpaired) electrons. The molecule has 31 heavy (non-hydrogen) atoms. The monoisotopic (exact) mass is 460 g/mol. The van der Waals surface area contributed by atoms with E-state index >= 15 is 0 Å². The van der Waals surface area contributed by atoms with Crippen LogP contribution >= 0.6 is 11.8 Å². The Morgan fingerprint density at radius 3 is 2.35 bits per heavy atom. The number of halogens is 3. The Morgan fingerprint density at radius 2 is 1.84 bits per heavy atom. The number of aliphatic hydroxyl groups is 1. The summed E-state index contributed by atoms with van der Waals surface area (Å²) in [5.41, 5.74) is 0.574. The molecule has 2 unspecified atom stereocenters. The Bertz CT molecular complexity index is 774. The minimum Gasteiger partial charge on any atom is -0.382 e. The quantitative estimate of drug-likeness (QED) is 0.389. The zero-order valence-electron chi connectivity index (χ0n) is 17.3. The Labute approximate surface area is 184 Å². The fraction of sp³-hybridized carbons (Fsp3) is 0.550. The number of carbonyl (C=O) groups excluding carboxylic acids is 3. The van der Waals surface area contributed by atoms with Gasteiger partial charge in [-0.05, 0) is 29.7 Å². The minimum atomic E-state index is -2.72. The number of alkyl halides is 2. The van der Waals surface area contributed by atoms with Gasteiger partial charge >= 0.3 is 0 Å². The van der Waals surface area contributed by atoms with Gasteiger partial charge in [-0.15, -0.1) is 0 Å². The molecule has 1 aliphatic carbocycles. The standard InChI is InChI=1S/C20H27ClF2N4O4/c1-27(2)19(31)16(13-6-4-3-5-7-13)25-15(28)11-24-18(30)17(29)14(26-21)8-12-9-20(22,23)10-12/h3-7,12,14,16-17,26,29H,8-11H2,1-2H3,(H,24,30)(H,25,28)/t14?,16-,17?/m0/s1. The first kappa shape index (κ1) is 25.0. The van der Waals surface area contributed by atoms with Crippen molar-refractivity contribution in [3.05, 3.63) is 35.9 Å². The van der Waals surface area contributed by atoms with Crippen LogP contribution in [0.2, 0.25) is 0 Å². The number of carbonyl (C=O) groups is 3. The third-order valence-electron chi connectivity index (χ3n) is 5.10. The third kappa shape index (κ3) is 7.12. The predicted octanol–water partition coefficient (Wildman–Crippen LogP) is 0.957. The molecule has 0 bridgehead atoms. The number of amides is 3. The van der Waals surface area contributed by atoms with Gasteiger partial charge in [0.15, 0.2) is 0 Å². The maximum atomic E-state index is 13.0. The normalized spacial score (nSPS) is 18.3. The van der Waals surface area contributed by atoms with Gasteiger partial charge in [0.2, 0.25) is 17.7 Å². The van der Waals surface area contributed by atoms with E-state index in [4.69, 9.17) is 11.8 Å². The van der Waals surface area contributed by atoms with E-state index in [9.17, 15) is 28.3 Å². The second kappa shape index (κ2) is 10.8. The Hall–Kier alpha value is -2.30. The van der Waals surface area contributed by atoms with E-state index in [0.717, 1.165) is 0 Å². The number of aliphatic hydroxyl groups excluding tert-OH is 1. The fourth-order valence-electron chi connectivity index (χ4n) is 3.40. The summed E-state index contributed by atoms with van der Waals surface area (Å²) in [6.07, 6.45) is -2.18. The van der Waals surface area contributed by atoms with Crippen LogP contribution in [-0.2, 0) is 14.4 Å². The molecule has 1 aliphatic rings. The van der Waals surface area contributed by atoms with Gasteiger partial charge in [0.1, 0.15) is 12.1 Å². The molecule has 0 spiro atoms. The van der Waals surface area contributed by atoms with E-state index in [1.165, 1.54) is 4.90 Å². The second-order valence-corrected chi connectivity index (χ2v) is 8.11. The van der Waals surface area contributed by atoms with Gasteiger partial charge in [-0.1, -0.05) is 30.3 Å². The van der Waals surface area contributed by atoms with Crippen LogP contribution in [0.15, 0.2) is 30.3 Å². The molecule has 3 amide bonds. The first-order valence-electron chi connectivity index (χ1n) is 9.79. The zero-order chi connectivity index (χ0) is 23.2. The lowest BCUT2D eigenvalue weighted by Crippen LogP contribution is -2.51. The minimum absolute atomic E-state index is 0.0906. The summed E-state index contributed by atoms with van der Waals surface area (Å²) in [7, 11) is 3.11. The first-order valence-corrected chi connectivity index (χ1v) is 10.2. The average molecular weight is 461 g/mol. The van der Waals surface area contributed by atoms with Crippen molar-refractivity contribution >= 4 is 29.5 Å². The second-order valence-electron chi connectivity index (χ2n) is 7.89. The summed E-state index contributed by atoms with van der Waals surface area (Å²) in [6.45, 7) is -0.490. The van der Waals surface area contributed by atoms with Crippen molar-refractivity contribution in [1.82, 2.24) is 20.4 Å². The van der Waals surface area contributed by atoms with Crippen LogP contribution in [0.3, 0.4) is 0 Å². The largest absolute Gasteiger partial charge is 0.382 e. The van der Waals surface area contributed by atoms with Gasteiger partial charge < -0.3 is 20.6 Å². The molecule has 1 fully saturated rings. The van der Waals surface area contributed by atoms with Crippen molar-refractivity contribution in [2.75, 3.05) is 20.6 Å². The van der Waals surface area contributed by atoms with Crippen LogP contribution in [-0.4, -0.2) is 66.4 Å². The summed E-state index contributed by atoms with van der Waals surface area (Å²) < 4.78 is 26.0. The van der Waals surface area contributed by atoms with E-state index < -0.39 is 42.5 Å². The molecular formula is C20H27ClF2N4O4. The number of benzene rings is 1. The van der Waals surface area contributed by atoms with Crippen LogP contribution in [0.25, 0.3) is 0 Å². The van der Waals surface area contributed by atoms with Gasteiger partial charge in [0.05, 0.1) is 12.6 Å². The van der Waals surface area contributed by atoms with Crippen LogP contribution in [0.5, 0.6) is 0 Å². The molecule has 4 N–H and O–H groups in total. The van der Waals surface area contributed by atoms with E-state index in [0.29, 0.717) is 5.56 Å². The molecule has 1 saturated carbocycles. The lowest BCUT2D eigenvalue weighted by atomic mass is 9.77. The number of hydrogen-bond acceptors (Lipinski definition) is 5. The summed E-state index contributed by atoms with van der Waals surface area (Å²) in [5, 5.41) is 15.0. The van der Waals surface area contributed by atoms with Crippen LogP contribution < -0.4 is 15.5 Å². The number of likely N-dealkylation sites (N-methyl/N-ethyl adjacent to an activating group) is 1. The highest BCUT2D eigenvalue weighted by Gasteiger charge is 2.46. The van der Waals surface area contributed by atoms with Crippen molar-refractivity contribution in [2.45, 2.75) is 43.4 Å². The van der Waals surface area contributed by atoms with Gasteiger partial charge in [0, 0.05) is 26.9 Å². The maximum absolute atomic E-state index is 13.0. The third-order valence-corrected chi connectivity index (χ3v) is 5.38. The van der Waals surface area contributed by atoms with Gasteiger partial charge in [-0.25, -0.2) is 13.6 Å². The van der Waals surface area contributed by atoms with Crippen molar-refractivity contribution in [3.8, 4) is 0 Å². The molecule has 0 aliphatic heterocycles. The van der Waals surface area contributed by atoms with E-state index in [2.05, 4.69) is 15.5 Å². The van der Waals surface area contributed by atoms with Crippen LogP contribution in [0, 0.1) is 5.92 Å². The summed E-state index contributed by atoms with van der Waals surface area (Å²) in [6, 6.07) is 6.72. The maximum Gasteiger partial charge on any atom is 0.250 e. The molecule has 3 atom stereocenters. The molecular weight excluding hydrogens is 434 g/mol. The van der Waals surface area contributed by atoms with Crippen LogP contribution in [0.1, 0.15) is 30.9 Å². The molecule has 11 heteroatoms. The summed E-state index contributed by atoms with van der Waals surface area (Å²) >= 11 is 5.57. The van der Waals surface area contributed by atoms with Crippen molar-refractivity contribution in [3.63, 3.8) is 0 Å². The molecule has 0 saturated heterocycles. The number of hydrogen-bond donors (Lipinski definition) is 4. The Morgan fingerprint density at radius 1 is 1.23 bits per heavy atom. The smallest absolute Gasteiger partial charge is 0.250 e. The highest BCUT2D eigenvalue weighted by Crippen LogP contribution is 2.44. The highest BCUT2D eigenvalue weighted by atomic mass is 35.5. The zero-order valence-corrected chi connectivity index (χ0v) is 18.0. The molecule has 172 valence electrons. The number of nitrogens with one attached hydrogen (secondary N) is 3. The van der Waals surface area contributed by atoms with Gasteiger partial charge in [0.25, 0.3) is 5.91 Å². The number of rotatable bonds is 10. The predicted molar refractivity (Wildman–Crippen MR) is 110 cm³/mol. The molecule has 2 rings (SSSR count). The molecule has 0 aromatic heterocycles.